The number of piperidine rings is 2. The third kappa shape index (κ3) is 10.4. The molecule has 14 nitrogen and oxygen atoms in total. The first-order valence-corrected chi connectivity index (χ1v) is 16.2. The Morgan fingerprint density at radius 1 is 0.660 bits per heavy atom. The normalized spacial score (nSPS) is 18.2. The number of morpholine rings is 2. The van der Waals surface area contributed by atoms with Crippen LogP contribution in [0, 0.1) is 26.0 Å². The molecule has 256 valence electrons. The zero-order valence-electron chi connectivity index (χ0n) is 26.6. The molecule has 0 atom stereocenters. The van der Waals surface area contributed by atoms with Crippen molar-refractivity contribution in [2.24, 2.45) is 0 Å². The molecule has 4 heterocycles. The Morgan fingerprint density at radius 2 is 1.13 bits per heavy atom. The highest BCUT2D eigenvalue weighted by Gasteiger charge is 2.26. The molecule has 0 unspecified atom stereocenters. The van der Waals surface area contributed by atoms with E-state index >= 15 is 0 Å². The van der Waals surface area contributed by atoms with Gasteiger partial charge in [-0.3, -0.25) is 29.8 Å². The highest BCUT2D eigenvalue weighted by molar-refractivity contribution is 5.96. The molecule has 2 aromatic rings. The number of nitrogens with one attached hydrogen (secondary N) is 1. The first kappa shape index (κ1) is 35.6. The standard InChI is InChI=1S/C16H21N3O4.C11H11FN2O4.C5H11N/c20-16(18-8-10-23-11-9-18)13-4-5-14(15(12-13)19(21)22)17-6-2-1-3-7-17;12-9-2-1-8(7-10(9)14(16)17)11(15)13-3-5-18-6-4-13;1-2-4-6-5-3-1/h4-5,12H,1-3,6-11H2;1-2,7H,3-6H2;6H,1-5H2. The summed E-state index contributed by atoms with van der Waals surface area (Å²) in [5, 5.41) is 25.3. The van der Waals surface area contributed by atoms with E-state index in [-0.39, 0.29) is 28.0 Å². The Balaban J connectivity index is 0.000000184. The van der Waals surface area contributed by atoms with Crippen molar-refractivity contribution >= 4 is 28.9 Å². The van der Waals surface area contributed by atoms with Crippen LogP contribution in [0.2, 0.25) is 0 Å². The fourth-order valence-electron chi connectivity index (χ4n) is 5.69. The van der Waals surface area contributed by atoms with Crippen molar-refractivity contribution in [2.45, 2.75) is 38.5 Å². The molecule has 6 rings (SSSR count). The van der Waals surface area contributed by atoms with Crippen LogP contribution in [0.4, 0.5) is 21.5 Å². The van der Waals surface area contributed by atoms with E-state index in [0.717, 1.165) is 44.5 Å². The van der Waals surface area contributed by atoms with Crippen molar-refractivity contribution in [2.75, 3.05) is 83.7 Å². The second-order valence-corrected chi connectivity index (χ2v) is 11.6. The van der Waals surface area contributed by atoms with Gasteiger partial charge in [-0.05, 0) is 69.5 Å². The lowest BCUT2D eigenvalue weighted by atomic mass is 10.1. The van der Waals surface area contributed by atoms with E-state index in [0.29, 0.717) is 63.9 Å². The smallest absolute Gasteiger partial charge is 0.305 e. The monoisotopic (exact) mass is 658 g/mol. The number of anilines is 1. The Bertz CT molecular complexity index is 1360. The van der Waals surface area contributed by atoms with Crippen LogP contribution in [0.3, 0.4) is 0 Å². The number of benzene rings is 2. The van der Waals surface area contributed by atoms with E-state index in [9.17, 15) is 34.2 Å². The maximum atomic E-state index is 13.1. The second kappa shape index (κ2) is 18.2. The Kier molecular flexibility index (Phi) is 13.8. The summed E-state index contributed by atoms with van der Waals surface area (Å²) < 4.78 is 23.5. The molecular formula is C32H43FN6O8. The van der Waals surface area contributed by atoms with Crippen LogP contribution in [0.1, 0.15) is 59.2 Å². The van der Waals surface area contributed by atoms with Crippen molar-refractivity contribution in [3.05, 3.63) is 73.6 Å². The van der Waals surface area contributed by atoms with Crippen molar-refractivity contribution < 1.29 is 33.3 Å². The minimum atomic E-state index is -0.946. The van der Waals surface area contributed by atoms with Gasteiger partial charge in [-0.1, -0.05) is 6.42 Å². The Hall–Kier alpha value is -4.21. The van der Waals surface area contributed by atoms with E-state index in [1.165, 1.54) is 49.4 Å². The van der Waals surface area contributed by atoms with Gasteiger partial charge in [-0.25, -0.2) is 0 Å². The van der Waals surface area contributed by atoms with E-state index in [1.54, 1.807) is 17.0 Å². The molecule has 4 saturated heterocycles. The van der Waals surface area contributed by atoms with Gasteiger partial charge in [0.1, 0.15) is 5.69 Å². The lowest BCUT2D eigenvalue weighted by Gasteiger charge is -2.29. The number of amides is 2. The Morgan fingerprint density at radius 3 is 1.57 bits per heavy atom. The van der Waals surface area contributed by atoms with Crippen LogP contribution in [0.5, 0.6) is 0 Å². The van der Waals surface area contributed by atoms with Gasteiger partial charge >= 0.3 is 5.69 Å². The van der Waals surface area contributed by atoms with Crippen LogP contribution in [-0.4, -0.2) is 110 Å². The maximum absolute atomic E-state index is 13.1. The molecule has 0 radical (unpaired) electrons. The summed E-state index contributed by atoms with van der Waals surface area (Å²) in [7, 11) is 0. The average Bonchev–Trinajstić information content (AvgIpc) is 3.13. The minimum Gasteiger partial charge on any atom is -0.378 e. The molecule has 15 heteroatoms. The number of nitro groups is 2. The summed E-state index contributed by atoms with van der Waals surface area (Å²) in [5.41, 5.74) is 0.442. The molecule has 47 heavy (non-hydrogen) atoms. The molecule has 0 spiro atoms. The second-order valence-electron chi connectivity index (χ2n) is 11.6. The zero-order chi connectivity index (χ0) is 33.6. The summed E-state index contributed by atoms with van der Waals surface area (Å²) in [6.07, 6.45) is 7.47. The van der Waals surface area contributed by atoms with Gasteiger partial charge in [0, 0.05) is 62.5 Å². The highest BCUT2D eigenvalue weighted by Crippen LogP contribution is 2.31. The van der Waals surface area contributed by atoms with Crippen LogP contribution in [0.15, 0.2) is 36.4 Å². The first-order chi connectivity index (χ1) is 22.8. The topological polar surface area (TPSA) is 161 Å². The van der Waals surface area contributed by atoms with Gasteiger partial charge in [0.2, 0.25) is 5.82 Å². The van der Waals surface area contributed by atoms with Crippen molar-refractivity contribution in [3.8, 4) is 0 Å². The number of carbonyl (C=O) groups is 2. The molecule has 4 aliphatic rings. The van der Waals surface area contributed by atoms with Crippen LogP contribution in [0.25, 0.3) is 0 Å². The van der Waals surface area contributed by atoms with Crippen molar-refractivity contribution in [3.63, 3.8) is 0 Å². The molecule has 4 fully saturated rings. The fourth-order valence-corrected chi connectivity index (χ4v) is 5.69. The summed E-state index contributed by atoms with van der Waals surface area (Å²) in [4.78, 5) is 50.6. The quantitative estimate of drug-likeness (QED) is 0.367. The largest absolute Gasteiger partial charge is 0.378 e. The number of ether oxygens (including phenoxy) is 2. The summed E-state index contributed by atoms with van der Waals surface area (Å²) in [5.74, 6) is -1.46. The number of carbonyl (C=O) groups excluding carboxylic acids is 2. The van der Waals surface area contributed by atoms with E-state index < -0.39 is 16.4 Å². The van der Waals surface area contributed by atoms with E-state index in [1.807, 2.05) is 4.90 Å². The number of hydrogen-bond donors (Lipinski definition) is 1. The van der Waals surface area contributed by atoms with E-state index in [4.69, 9.17) is 9.47 Å². The van der Waals surface area contributed by atoms with Gasteiger partial charge < -0.3 is 29.5 Å². The highest BCUT2D eigenvalue weighted by atomic mass is 19.1. The lowest BCUT2D eigenvalue weighted by Crippen LogP contribution is -2.40. The van der Waals surface area contributed by atoms with Crippen LogP contribution >= 0.6 is 0 Å². The van der Waals surface area contributed by atoms with Gasteiger partial charge in [-0.15, -0.1) is 0 Å². The van der Waals surface area contributed by atoms with Gasteiger partial charge in [0.05, 0.1) is 36.3 Å². The Labute approximate surface area is 273 Å². The molecule has 1 N–H and O–H groups in total. The summed E-state index contributed by atoms with van der Waals surface area (Å²) in [6, 6.07) is 7.99. The molecule has 0 aromatic heterocycles. The van der Waals surface area contributed by atoms with E-state index in [2.05, 4.69) is 5.32 Å². The number of halogens is 1. The number of nitro benzene ring substituents is 2. The molecule has 0 bridgehead atoms. The van der Waals surface area contributed by atoms with Crippen LogP contribution < -0.4 is 10.2 Å². The van der Waals surface area contributed by atoms with Gasteiger partial charge in [0.15, 0.2) is 0 Å². The number of nitrogens with zero attached hydrogens (tertiary/aromatic N) is 5. The third-order valence-corrected chi connectivity index (χ3v) is 8.31. The zero-order valence-corrected chi connectivity index (χ0v) is 26.6. The number of rotatable bonds is 5. The molecule has 0 aliphatic carbocycles. The van der Waals surface area contributed by atoms with Gasteiger partial charge in [-0.2, -0.15) is 4.39 Å². The van der Waals surface area contributed by atoms with Gasteiger partial charge in [0.25, 0.3) is 17.5 Å². The minimum absolute atomic E-state index is 0.0195. The predicted octanol–water partition coefficient (Wildman–Crippen LogP) is 4.02. The first-order valence-electron chi connectivity index (χ1n) is 16.2. The molecule has 2 amide bonds. The summed E-state index contributed by atoms with van der Waals surface area (Å²) in [6.45, 7) is 7.99. The predicted molar refractivity (Wildman–Crippen MR) is 172 cm³/mol. The van der Waals surface area contributed by atoms with Crippen LogP contribution in [-0.2, 0) is 9.47 Å². The van der Waals surface area contributed by atoms with Crippen molar-refractivity contribution in [1.29, 1.82) is 0 Å². The lowest BCUT2D eigenvalue weighted by molar-refractivity contribution is -0.387. The average molecular weight is 659 g/mol. The molecule has 4 aliphatic heterocycles. The maximum Gasteiger partial charge on any atom is 0.305 e. The SMILES string of the molecule is C1CCNCC1.O=C(c1ccc(F)c([N+](=O)[O-])c1)N1CCOCC1.O=C(c1ccc(N2CCCCC2)c([N+](=O)[O-])c1)N1CCOCC1. The van der Waals surface area contributed by atoms with Crippen molar-refractivity contribution in [1.82, 2.24) is 15.1 Å². The molecule has 2 aromatic carbocycles. The fraction of sp³-hybridized carbons (Fsp3) is 0.562. The third-order valence-electron chi connectivity index (χ3n) is 8.31. The summed E-state index contributed by atoms with van der Waals surface area (Å²) >= 11 is 0. The number of hydrogen-bond acceptors (Lipinski definition) is 10. The molecule has 0 saturated carbocycles. The molecular weight excluding hydrogens is 615 g/mol.